The summed E-state index contributed by atoms with van der Waals surface area (Å²) in [5.74, 6) is 0.891. The summed E-state index contributed by atoms with van der Waals surface area (Å²) in [5.41, 5.74) is 3.52. The highest BCUT2D eigenvalue weighted by Crippen LogP contribution is 2.23. The quantitative estimate of drug-likeness (QED) is 0.521. The smallest absolute Gasteiger partial charge is 0.222 e. The van der Waals surface area contributed by atoms with E-state index in [1.165, 1.54) is 31.2 Å². The Bertz CT molecular complexity index is 899. The molecular weight excluding hydrogens is 394 g/mol. The summed E-state index contributed by atoms with van der Waals surface area (Å²) >= 11 is 0. The van der Waals surface area contributed by atoms with Gasteiger partial charge in [0.2, 0.25) is 5.91 Å². The van der Waals surface area contributed by atoms with Crippen molar-refractivity contribution in [3.8, 4) is 0 Å². The first-order chi connectivity index (χ1) is 15.8. The normalized spacial score (nSPS) is 15.9. The minimum atomic E-state index is -0.166. The maximum Gasteiger partial charge on any atom is 0.222 e. The fourth-order valence-corrected chi connectivity index (χ4v) is 4.56. The van der Waals surface area contributed by atoms with E-state index < -0.39 is 0 Å². The molecule has 4 rings (SSSR count). The molecule has 0 saturated carbocycles. The van der Waals surface area contributed by atoms with Crippen LogP contribution in [0.15, 0.2) is 85.2 Å². The summed E-state index contributed by atoms with van der Waals surface area (Å²) in [7, 11) is 0. The summed E-state index contributed by atoms with van der Waals surface area (Å²) in [6.45, 7) is 3.01. The Morgan fingerprint density at radius 1 is 0.938 bits per heavy atom. The largest absolute Gasteiger partial charge is 0.345 e. The third-order valence-corrected chi connectivity index (χ3v) is 6.50. The lowest BCUT2D eigenvalue weighted by Gasteiger charge is -2.32. The molecule has 0 spiro atoms. The van der Waals surface area contributed by atoms with Gasteiger partial charge in [0.25, 0.3) is 0 Å². The molecule has 1 aliphatic rings. The molecule has 4 heteroatoms. The molecule has 1 fully saturated rings. The van der Waals surface area contributed by atoms with Gasteiger partial charge in [-0.05, 0) is 67.4 Å². The number of hydrogen-bond donors (Lipinski definition) is 1. The Balaban J connectivity index is 1.23. The molecule has 2 aromatic carbocycles. The standard InChI is InChI=1S/C28H33N3O/c32-27(30-28(25-10-5-2-6-11-25)26-12-7-18-29-22-26)17-21-31-19-15-24(16-20-31)14-13-23-8-3-1-4-9-23/h1-12,18,22,24,28H,13-17,19-21H2,(H,30,32). The number of rotatable bonds is 9. The molecule has 2 heterocycles. The number of benzene rings is 2. The van der Waals surface area contributed by atoms with Gasteiger partial charge in [-0.15, -0.1) is 0 Å². The van der Waals surface area contributed by atoms with Crippen molar-refractivity contribution in [2.24, 2.45) is 5.92 Å². The molecule has 1 aromatic heterocycles. The predicted molar refractivity (Wildman–Crippen MR) is 129 cm³/mol. The predicted octanol–water partition coefficient (Wildman–Crippen LogP) is 5.02. The van der Waals surface area contributed by atoms with Gasteiger partial charge in [0.05, 0.1) is 6.04 Å². The van der Waals surface area contributed by atoms with Crippen molar-refractivity contribution >= 4 is 5.91 Å². The molecule has 166 valence electrons. The molecule has 1 N–H and O–H groups in total. The van der Waals surface area contributed by atoms with Gasteiger partial charge in [0, 0.05) is 25.4 Å². The van der Waals surface area contributed by atoms with E-state index in [4.69, 9.17) is 0 Å². The lowest BCUT2D eigenvalue weighted by molar-refractivity contribution is -0.122. The van der Waals surface area contributed by atoms with Crippen LogP contribution in [0, 0.1) is 5.92 Å². The molecule has 1 saturated heterocycles. The minimum Gasteiger partial charge on any atom is -0.345 e. The van der Waals surface area contributed by atoms with E-state index in [2.05, 4.69) is 57.7 Å². The molecular formula is C28H33N3O. The van der Waals surface area contributed by atoms with Crippen LogP contribution in [0.3, 0.4) is 0 Å². The van der Waals surface area contributed by atoms with Crippen LogP contribution in [0.5, 0.6) is 0 Å². The van der Waals surface area contributed by atoms with E-state index in [0.717, 1.165) is 36.7 Å². The van der Waals surface area contributed by atoms with E-state index in [0.29, 0.717) is 6.42 Å². The van der Waals surface area contributed by atoms with Crippen LogP contribution < -0.4 is 5.32 Å². The summed E-state index contributed by atoms with van der Waals surface area (Å²) in [4.78, 5) is 19.5. The highest BCUT2D eigenvalue weighted by molar-refractivity contribution is 5.77. The number of amides is 1. The van der Waals surface area contributed by atoms with E-state index >= 15 is 0 Å². The van der Waals surface area contributed by atoms with Gasteiger partial charge >= 0.3 is 0 Å². The molecule has 0 bridgehead atoms. The van der Waals surface area contributed by atoms with Crippen LogP contribution in [-0.2, 0) is 11.2 Å². The number of nitrogens with zero attached hydrogens (tertiary/aromatic N) is 2. The van der Waals surface area contributed by atoms with Crippen LogP contribution in [-0.4, -0.2) is 35.4 Å². The molecule has 1 unspecified atom stereocenters. The SMILES string of the molecule is O=C(CCN1CCC(CCc2ccccc2)CC1)NC(c1ccccc1)c1cccnc1. The topological polar surface area (TPSA) is 45.2 Å². The second kappa shape index (κ2) is 11.6. The van der Waals surface area contributed by atoms with Gasteiger partial charge < -0.3 is 10.2 Å². The lowest BCUT2D eigenvalue weighted by Crippen LogP contribution is -2.37. The van der Waals surface area contributed by atoms with Crippen LogP contribution in [0.4, 0.5) is 0 Å². The van der Waals surface area contributed by atoms with Crippen molar-refractivity contribution < 1.29 is 4.79 Å². The van der Waals surface area contributed by atoms with Gasteiger partial charge in [0.1, 0.15) is 0 Å². The highest BCUT2D eigenvalue weighted by Gasteiger charge is 2.21. The zero-order valence-corrected chi connectivity index (χ0v) is 18.7. The Hall–Kier alpha value is -2.98. The maximum atomic E-state index is 12.8. The monoisotopic (exact) mass is 427 g/mol. The fourth-order valence-electron chi connectivity index (χ4n) is 4.56. The number of carbonyl (C=O) groups excluding carboxylic acids is 1. The number of likely N-dealkylation sites (tertiary alicyclic amines) is 1. The van der Waals surface area contributed by atoms with Crippen molar-refractivity contribution in [1.29, 1.82) is 0 Å². The minimum absolute atomic E-state index is 0.0916. The van der Waals surface area contributed by atoms with E-state index in [1.54, 1.807) is 6.20 Å². The van der Waals surface area contributed by atoms with Crippen LogP contribution in [0.25, 0.3) is 0 Å². The van der Waals surface area contributed by atoms with Crippen molar-refractivity contribution in [3.63, 3.8) is 0 Å². The zero-order chi connectivity index (χ0) is 22.0. The molecule has 32 heavy (non-hydrogen) atoms. The molecule has 3 aromatic rings. The Labute approximate surface area is 191 Å². The summed E-state index contributed by atoms with van der Waals surface area (Å²) in [6.07, 6.45) is 9.02. The van der Waals surface area contributed by atoms with Gasteiger partial charge in [-0.3, -0.25) is 9.78 Å². The second-order valence-electron chi connectivity index (χ2n) is 8.76. The number of nitrogens with one attached hydrogen (secondary N) is 1. The van der Waals surface area contributed by atoms with Crippen molar-refractivity contribution in [2.45, 2.75) is 38.1 Å². The Morgan fingerprint density at radius 3 is 2.31 bits per heavy atom. The van der Waals surface area contributed by atoms with Crippen molar-refractivity contribution in [1.82, 2.24) is 15.2 Å². The Kier molecular flexibility index (Phi) is 8.05. The average Bonchev–Trinajstić information content (AvgIpc) is 2.87. The molecule has 1 amide bonds. The first kappa shape index (κ1) is 22.2. The van der Waals surface area contributed by atoms with Gasteiger partial charge in [-0.1, -0.05) is 66.7 Å². The molecule has 0 radical (unpaired) electrons. The zero-order valence-electron chi connectivity index (χ0n) is 18.7. The van der Waals surface area contributed by atoms with E-state index in [9.17, 15) is 4.79 Å². The summed E-state index contributed by atoms with van der Waals surface area (Å²) < 4.78 is 0. The number of aryl methyl sites for hydroxylation is 1. The molecule has 1 atom stereocenters. The highest BCUT2D eigenvalue weighted by atomic mass is 16.1. The maximum absolute atomic E-state index is 12.8. The first-order valence-corrected chi connectivity index (χ1v) is 11.8. The van der Waals surface area contributed by atoms with Crippen molar-refractivity contribution in [3.05, 3.63) is 102 Å². The lowest BCUT2D eigenvalue weighted by atomic mass is 9.90. The van der Waals surface area contributed by atoms with Gasteiger partial charge in [0.15, 0.2) is 0 Å². The van der Waals surface area contributed by atoms with Crippen LogP contribution in [0.2, 0.25) is 0 Å². The third-order valence-electron chi connectivity index (χ3n) is 6.50. The van der Waals surface area contributed by atoms with Crippen LogP contribution >= 0.6 is 0 Å². The average molecular weight is 428 g/mol. The van der Waals surface area contributed by atoms with Gasteiger partial charge in [-0.2, -0.15) is 0 Å². The second-order valence-corrected chi connectivity index (χ2v) is 8.76. The number of piperidine rings is 1. The molecule has 0 aliphatic carbocycles. The summed E-state index contributed by atoms with van der Waals surface area (Å²) in [6, 6.07) is 24.7. The van der Waals surface area contributed by atoms with Gasteiger partial charge in [-0.25, -0.2) is 0 Å². The molecule has 1 aliphatic heterocycles. The number of pyridine rings is 1. The van der Waals surface area contributed by atoms with E-state index in [-0.39, 0.29) is 11.9 Å². The summed E-state index contributed by atoms with van der Waals surface area (Å²) in [5, 5.41) is 3.23. The third kappa shape index (κ3) is 6.51. The number of hydrogen-bond acceptors (Lipinski definition) is 3. The Morgan fingerprint density at radius 2 is 1.62 bits per heavy atom. The first-order valence-electron chi connectivity index (χ1n) is 11.8. The fraction of sp³-hybridized carbons (Fsp3) is 0.357. The van der Waals surface area contributed by atoms with Crippen molar-refractivity contribution in [2.75, 3.05) is 19.6 Å². The molecule has 4 nitrogen and oxygen atoms in total. The number of carbonyl (C=O) groups is 1. The van der Waals surface area contributed by atoms with E-state index in [1.807, 2.05) is 36.5 Å². The number of aromatic nitrogens is 1. The van der Waals surface area contributed by atoms with Crippen LogP contribution in [0.1, 0.15) is 48.4 Å².